The molecule has 0 atom stereocenters. The highest BCUT2D eigenvalue weighted by Gasteiger charge is 2.55. The number of amides is 1. The van der Waals surface area contributed by atoms with Crippen LogP contribution in [0.4, 0.5) is 18.0 Å². The predicted molar refractivity (Wildman–Crippen MR) is 85.3 cm³/mol. The molecule has 1 saturated heterocycles. The molecule has 7 heteroatoms. The fourth-order valence-corrected chi connectivity index (χ4v) is 3.40. The number of nitrogens with zero attached hydrogens (tertiary/aromatic N) is 1. The van der Waals surface area contributed by atoms with Crippen molar-refractivity contribution in [3.8, 4) is 5.75 Å². The van der Waals surface area contributed by atoms with E-state index in [9.17, 15) is 18.0 Å². The van der Waals surface area contributed by atoms with Crippen LogP contribution in [0, 0.1) is 5.41 Å². The lowest BCUT2D eigenvalue weighted by molar-refractivity contribution is -0.138. The molecule has 138 valence electrons. The summed E-state index contributed by atoms with van der Waals surface area (Å²) < 4.78 is 49.1. The van der Waals surface area contributed by atoms with Gasteiger partial charge in [0.05, 0.1) is 5.56 Å². The van der Waals surface area contributed by atoms with Crippen LogP contribution in [-0.4, -0.2) is 35.8 Å². The van der Waals surface area contributed by atoms with Crippen molar-refractivity contribution in [1.82, 2.24) is 4.90 Å². The second-order valence-electron chi connectivity index (χ2n) is 8.01. The van der Waals surface area contributed by atoms with Crippen LogP contribution in [0.1, 0.15) is 39.2 Å². The van der Waals surface area contributed by atoms with Crippen LogP contribution < -0.4 is 4.74 Å². The average Bonchev–Trinajstić information content (AvgIpc) is 2.37. The number of ether oxygens (including phenoxy) is 2. The van der Waals surface area contributed by atoms with Crippen molar-refractivity contribution in [3.63, 3.8) is 0 Å². The Hall–Kier alpha value is -1.92. The Labute approximate surface area is 144 Å². The normalized spacial score (nSPS) is 20.0. The van der Waals surface area contributed by atoms with Gasteiger partial charge in [-0.15, -0.1) is 0 Å². The van der Waals surface area contributed by atoms with Gasteiger partial charge in [-0.25, -0.2) is 4.79 Å². The van der Waals surface area contributed by atoms with Gasteiger partial charge in [0.2, 0.25) is 0 Å². The fraction of sp³-hybridized carbons (Fsp3) is 0.611. The molecule has 0 aromatic heterocycles. The van der Waals surface area contributed by atoms with Gasteiger partial charge in [0.25, 0.3) is 0 Å². The van der Waals surface area contributed by atoms with Gasteiger partial charge < -0.3 is 14.4 Å². The molecule has 1 aromatic carbocycles. The minimum atomic E-state index is -4.37. The van der Waals surface area contributed by atoms with Gasteiger partial charge in [0, 0.05) is 18.5 Å². The Morgan fingerprint density at radius 2 is 1.84 bits per heavy atom. The Kier molecular flexibility index (Phi) is 4.16. The number of hydrogen-bond acceptors (Lipinski definition) is 3. The zero-order chi connectivity index (χ0) is 18.5. The summed E-state index contributed by atoms with van der Waals surface area (Å²) in [6, 6.07) is 4.94. The third-order valence-corrected chi connectivity index (χ3v) is 4.49. The number of benzene rings is 1. The second kappa shape index (κ2) is 5.81. The number of halogens is 3. The molecule has 0 radical (unpaired) electrons. The Bertz CT molecular complexity index is 652. The number of carbonyl (C=O) groups is 1. The van der Waals surface area contributed by atoms with Gasteiger partial charge >= 0.3 is 12.3 Å². The third kappa shape index (κ3) is 4.02. The van der Waals surface area contributed by atoms with E-state index in [4.69, 9.17) is 9.47 Å². The molecule has 4 nitrogen and oxygen atoms in total. The number of rotatable bonds is 2. The molecule has 1 amide bonds. The van der Waals surface area contributed by atoms with E-state index in [2.05, 4.69) is 0 Å². The van der Waals surface area contributed by atoms with E-state index in [1.807, 2.05) is 20.8 Å². The summed E-state index contributed by atoms with van der Waals surface area (Å²) >= 11 is 0. The van der Waals surface area contributed by atoms with Crippen molar-refractivity contribution in [1.29, 1.82) is 0 Å². The van der Waals surface area contributed by atoms with E-state index in [1.54, 1.807) is 4.90 Å². The lowest BCUT2D eigenvalue weighted by Crippen LogP contribution is -2.66. The monoisotopic (exact) mass is 357 g/mol. The van der Waals surface area contributed by atoms with E-state index in [0.717, 1.165) is 25.0 Å². The zero-order valence-electron chi connectivity index (χ0n) is 14.5. The number of alkyl halides is 3. The molecule has 1 aliphatic carbocycles. The molecule has 3 rings (SSSR count). The minimum Gasteiger partial charge on any atom is -0.490 e. The highest BCUT2D eigenvalue weighted by molar-refractivity contribution is 5.69. The first-order valence-electron chi connectivity index (χ1n) is 8.28. The van der Waals surface area contributed by atoms with Crippen LogP contribution in [0.15, 0.2) is 24.3 Å². The van der Waals surface area contributed by atoms with E-state index in [0.29, 0.717) is 13.1 Å². The number of likely N-dealkylation sites (tertiary alicyclic amines) is 1. The lowest BCUT2D eigenvalue weighted by Gasteiger charge is -2.58. The second-order valence-corrected chi connectivity index (χ2v) is 8.01. The summed E-state index contributed by atoms with van der Waals surface area (Å²) in [5, 5.41) is 0. The van der Waals surface area contributed by atoms with Crippen molar-refractivity contribution < 1.29 is 27.4 Å². The van der Waals surface area contributed by atoms with Crippen molar-refractivity contribution in [3.05, 3.63) is 29.8 Å². The van der Waals surface area contributed by atoms with E-state index < -0.39 is 17.3 Å². The first kappa shape index (κ1) is 17.9. The molecule has 1 aliphatic heterocycles. The molecule has 25 heavy (non-hydrogen) atoms. The maximum absolute atomic E-state index is 12.7. The fourth-order valence-electron chi connectivity index (χ4n) is 3.40. The maximum atomic E-state index is 12.7. The summed E-state index contributed by atoms with van der Waals surface area (Å²) in [4.78, 5) is 13.6. The standard InChI is InChI=1S/C18H22F3NO3/c1-16(2,3)25-15(23)22-10-17(11-22)8-14(9-17)24-13-6-4-5-12(7-13)18(19,20)21/h4-7,14H,8-11H2,1-3H3. The molecule has 1 spiro atoms. The van der Waals surface area contributed by atoms with Gasteiger partial charge in [-0.2, -0.15) is 13.2 Å². The topological polar surface area (TPSA) is 38.8 Å². The Morgan fingerprint density at radius 1 is 1.20 bits per heavy atom. The summed E-state index contributed by atoms with van der Waals surface area (Å²) in [6.07, 6.45) is -3.32. The Morgan fingerprint density at radius 3 is 2.40 bits per heavy atom. The molecular formula is C18H22F3NO3. The molecule has 1 saturated carbocycles. The van der Waals surface area contributed by atoms with Crippen molar-refractivity contribution >= 4 is 6.09 Å². The molecular weight excluding hydrogens is 335 g/mol. The van der Waals surface area contributed by atoms with Crippen LogP contribution in [0.5, 0.6) is 5.75 Å². The van der Waals surface area contributed by atoms with E-state index in [-0.39, 0.29) is 23.4 Å². The highest BCUT2D eigenvalue weighted by Crippen LogP contribution is 2.50. The summed E-state index contributed by atoms with van der Waals surface area (Å²) in [7, 11) is 0. The molecule has 2 fully saturated rings. The number of hydrogen-bond donors (Lipinski definition) is 0. The van der Waals surface area contributed by atoms with E-state index >= 15 is 0 Å². The number of carbonyl (C=O) groups excluding carboxylic acids is 1. The van der Waals surface area contributed by atoms with Crippen molar-refractivity contribution in [2.45, 2.75) is 51.5 Å². The van der Waals surface area contributed by atoms with Gasteiger partial charge in [-0.1, -0.05) is 6.07 Å². The molecule has 1 aromatic rings. The largest absolute Gasteiger partial charge is 0.490 e. The van der Waals surface area contributed by atoms with Crippen LogP contribution in [0.2, 0.25) is 0 Å². The SMILES string of the molecule is CC(C)(C)OC(=O)N1CC2(CC(Oc3cccc(C(F)(F)F)c3)C2)C1. The molecule has 0 bridgehead atoms. The van der Waals surface area contributed by atoms with Gasteiger partial charge in [0.1, 0.15) is 17.5 Å². The van der Waals surface area contributed by atoms with Crippen LogP contribution in [0.3, 0.4) is 0 Å². The zero-order valence-corrected chi connectivity index (χ0v) is 14.5. The highest BCUT2D eigenvalue weighted by atomic mass is 19.4. The lowest BCUT2D eigenvalue weighted by atomic mass is 9.62. The molecule has 1 heterocycles. The first-order chi connectivity index (χ1) is 11.5. The van der Waals surface area contributed by atoms with Gasteiger partial charge in [0.15, 0.2) is 0 Å². The van der Waals surface area contributed by atoms with Crippen molar-refractivity contribution in [2.75, 3.05) is 13.1 Å². The first-order valence-corrected chi connectivity index (χ1v) is 8.28. The van der Waals surface area contributed by atoms with E-state index in [1.165, 1.54) is 12.1 Å². The van der Waals surface area contributed by atoms with Gasteiger partial charge in [-0.05, 0) is 51.8 Å². The van der Waals surface area contributed by atoms with Crippen molar-refractivity contribution in [2.24, 2.45) is 5.41 Å². The molecule has 2 aliphatic rings. The summed E-state index contributed by atoms with van der Waals surface area (Å²) in [6.45, 7) is 6.70. The summed E-state index contributed by atoms with van der Waals surface area (Å²) in [5.74, 6) is 0.234. The summed E-state index contributed by atoms with van der Waals surface area (Å²) in [5.41, 5.74) is -1.20. The maximum Gasteiger partial charge on any atom is 0.416 e. The average molecular weight is 357 g/mol. The van der Waals surface area contributed by atoms with Crippen LogP contribution in [0.25, 0.3) is 0 Å². The predicted octanol–water partition coefficient (Wildman–Crippen LogP) is 4.48. The van der Waals surface area contributed by atoms with Crippen LogP contribution >= 0.6 is 0 Å². The third-order valence-electron chi connectivity index (χ3n) is 4.49. The quantitative estimate of drug-likeness (QED) is 0.783. The van der Waals surface area contributed by atoms with Gasteiger partial charge in [-0.3, -0.25) is 0 Å². The molecule has 0 unspecified atom stereocenters. The minimum absolute atomic E-state index is 0.0310. The molecule has 0 N–H and O–H groups in total. The smallest absolute Gasteiger partial charge is 0.416 e. The Balaban J connectivity index is 1.48. The van der Waals surface area contributed by atoms with Crippen LogP contribution in [-0.2, 0) is 10.9 Å².